The van der Waals surface area contributed by atoms with E-state index in [0.717, 1.165) is 18.5 Å². The zero-order chi connectivity index (χ0) is 14.4. The minimum atomic E-state index is -0.145. The van der Waals surface area contributed by atoms with E-state index in [2.05, 4.69) is 22.5 Å². The Morgan fingerprint density at radius 1 is 1.55 bits per heavy atom. The number of carbonyl (C=O) groups is 1. The lowest BCUT2D eigenvalue weighted by atomic mass is 10.1. The van der Waals surface area contributed by atoms with E-state index in [9.17, 15) is 4.79 Å². The van der Waals surface area contributed by atoms with Gasteiger partial charge in [0, 0.05) is 18.5 Å². The highest BCUT2D eigenvalue weighted by Gasteiger charge is 2.14. The van der Waals surface area contributed by atoms with E-state index >= 15 is 0 Å². The summed E-state index contributed by atoms with van der Waals surface area (Å²) in [4.78, 5) is 12.0. The van der Waals surface area contributed by atoms with Gasteiger partial charge in [-0.1, -0.05) is 25.4 Å². The summed E-state index contributed by atoms with van der Waals surface area (Å²) >= 11 is 0. The molecule has 0 unspecified atom stereocenters. The molecule has 0 aliphatic heterocycles. The number of hydrogen-bond acceptors (Lipinski definition) is 4. The van der Waals surface area contributed by atoms with Crippen LogP contribution in [0.15, 0.2) is 29.0 Å². The molecular weight excluding hydrogens is 256 g/mol. The third-order valence-electron chi connectivity index (χ3n) is 3.02. The van der Waals surface area contributed by atoms with E-state index in [-0.39, 0.29) is 11.8 Å². The number of rotatable bonds is 7. The first-order valence-electron chi connectivity index (χ1n) is 6.88. The molecule has 0 aromatic carbocycles. The molecular formula is C14H20N4O2. The van der Waals surface area contributed by atoms with Crippen LogP contribution in [0, 0.1) is 5.92 Å². The second-order valence-corrected chi connectivity index (χ2v) is 4.88. The Bertz CT molecular complexity index is 533. The van der Waals surface area contributed by atoms with Gasteiger partial charge in [-0.15, -0.1) is 0 Å². The monoisotopic (exact) mass is 276 g/mol. The normalized spacial score (nSPS) is 12.3. The second kappa shape index (κ2) is 6.88. The Kier molecular flexibility index (Phi) is 4.92. The Morgan fingerprint density at radius 3 is 3.10 bits per heavy atom. The van der Waals surface area contributed by atoms with E-state index in [0.29, 0.717) is 18.8 Å². The van der Waals surface area contributed by atoms with E-state index in [1.165, 1.54) is 0 Å². The van der Waals surface area contributed by atoms with E-state index in [1.54, 1.807) is 10.9 Å². The number of nitrogens with zero attached hydrogens (tertiary/aromatic N) is 3. The molecule has 108 valence electrons. The summed E-state index contributed by atoms with van der Waals surface area (Å²) in [5.41, 5.74) is 0.932. The van der Waals surface area contributed by atoms with E-state index in [1.807, 2.05) is 25.3 Å². The fraction of sp³-hybridized carbons (Fsp3) is 0.500. The van der Waals surface area contributed by atoms with Crippen molar-refractivity contribution in [2.45, 2.75) is 39.8 Å². The zero-order valence-corrected chi connectivity index (χ0v) is 11.9. The van der Waals surface area contributed by atoms with Crippen molar-refractivity contribution in [1.29, 1.82) is 0 Å². The van der Waals surface area contributed by atoms with Gasteiger partial charge >= 0.3 is 0 Å². The second-order valence-electron chi connectivity index (χ2n) is 4.88. The van der Waals surface area contributed by atoms with Gasteiger partial charge in [0.1, 0.15) is 0 Å². The van der Waals surface area contributed by atoms with Crippen LogP contribution in [0.2, 0.25) is 0 Å². The Labute approximate surface area is 118 Å². The van der Waals surface area contributed by atoms with Crippen molar-refractivity contribution in [2.24, 2.45) is 5.92 Å². The number of aryl methyl sites for hydroxylation is 1. The molecule has 2 heterocycles. The van der Waals surface area contributed by atoms with Crippen molar-refractivity contribution < 1.29 is 9.32 Å². The molecule has 1 atom stereocenters. The molecule has 2 rings (SSSR count). The molecule has 0 spiro atoms. The van der Waals surface area contributed by atoms with Crippen LogP contribution in [0.1, 0.15) is 31.7 Å². The Morgan fingerprint density at radius 2 is 2.40 bits per heavy atom. The van der Waals surface area contributed by atoms with Crippen molar-refractivity contribution in [3.05, 3.63) is 36.0 Å². The minimum Gasteiger partial charge on any atom is -0.359 e. The molecule has 0 saturated carbocycles. The highest BCUT2D eigenvalue weighted by Crippen LogP contribution is 2.06. The third kappa shape index (κ3) is 3.94. The lowest BCUT2D eigenvalue weighted by Gasteiger charge is -2.11. The van der Waals surface area contributed by atoms with Crippen LogP contribution in [-0.2, 0) is 24.3 Å². The molecule has 0 saturated heterocycles. The molecule has 20 heavy (non-hydrogen) atoms. The van der Waals surface area contributed by atoms with E-state index in [4.69, 9.17) is 4.52 Å². The van der Waals surface area contributed by atoms with Crippen LogP contribution >= 0.6 is 0 Å². The summed E-state index contributed by atoms with van der Waals surface area (Å²) in [5.74, 6) is 0.523. The average molecular weight is 276 g/mol. The van der Waals surface area contributed by atoms with Crippen LogP contribution < -0.4 is 5.32 Å². The molecule has 0 bridgehead atoms. The summed E-state index contributed by atoms with van der Waals surface area (Å²) < 4.78 is 6.92. The van der Waals surface area contributed by atoms with Gasteiger partial charge in [0.15, 0.2) is 5.76 Å². The number of amides is 1. The van der Waals surface area contributed by atoms with Gasteiger partial charge in [-0.25, -0.2) is 0 Å². The number of carbonyl (C=O) groups excluding carboxylic acids is 1. The Balaban J connectivity index is 1.78. The summed E-state index contributed by atoms with van der Waals surface area (Å²) in [7, 11) is 0. The molecule has 6 nitrogen and oxygen atoms in total. The summed E-state index contributed by atoms with van der Waals surface area (Å²) in [6, 6.07) is 3.73. The standard InChI is InChI=1S/C14H20N4O2/c1-3-5-12-8-13(20-17-12)9-15-14(19)11(2)10-18-7-4-6-16-18/h4,6-8,11H,3,5,9-10H2,1-2H3,(H,15,19)/t11-/m1/s1. The van der Waals surface area contributed by atoms with Gasteiger partial charge in [-0.05, 0) is 12.5 Å². The molecule has 1 amide bonds. The van der Waals surface area contributed by atoms with Gasteiger partial charge < -0.3 is 9.84 Å². The topological polar surface area (TPSA) is 73.0 Å². The highest BCUT2D eigenvalue weighted by molar-refractivity contribution is 5.78. The maximum atomic E-state index is 12.0. The van der Waals surface area contributed by atoms with Gasteiger partial charge in [0.2, 0.25) is 5.91 Å². The van der Waals surface area contributed by atoms with Crippen LogP contribution in [0.5, 0.6) is 0 Å². The van der Waals surface area contributed by atoms with Gasteiger partial charge in [-0.2, -0.15) is 5.10 Å². The van der Waals surface area contributed by atoms with Gasteiger partial charge in [-0.3, -0.25) is 9.48 Å². The number of hydrogen-bond donors (Lipinski definition) is 1. The van der Waals surface area contributed by atoms with Crippen LogP contribution in [0.25, 0.3) is 0 Å². The first-order valence-corrected chi connectivity index (χ1v) is 6.88. The fourth-order valence-electron chi connectivity index (χ4n) is 1.93. The van der Waals surface area contributed by atoms with Crippen molar-refractivity contribution in [3.63, 3.8) is 0 Å². The SMILES string of the molecule is CCCc1cc(CNC(=O)[C@H](C)Cn2cccn2)on1. The highest BCUT2D eigenvalue weighted by atomic mass is 16.5. The average Bonchev–Trinajstić information content (AvgIpc) is 3.08. The van der Waals surface area contributed by atoms with E-state index < -0.39 is 0 Å². The molecule has 0 aliphatic rings. The van der Waals surface area contributed by atoms with Crippen LogP contribution in [0.3, 0.4) is 0 Å². The quantitative estimate of drug-likeness (QED) is 0.836. The largest absolute Gasteiger partial charge is 0.359 e. The summed E-state index contributed by atoms with van der Waals surface area (Å²) in [6.45, 7) is 4.91. The van der Waals surface area contributed by atoms with Crippen LogP contribution in [-0.4, -0.2) is 20.8 Å². The molecule has 0 radical (unpaired) electrons. The zero-order valence-electron chi connectivity index (χ0n) is 11.9. The first-order chi connectivity index (χ1) is 9.69. The maximum absolute atomic E-state index is 12.0. The van der Waals surface area contributed by atoms with Gasteiger partial charge in [0.05, 0.1) is 24.7 Å². The maximum Gasteiger partial charge on any atom is 0.225 e. The Hall–Kier alpha value is -2.11. The van der Waals surface area contributed by atoms with Crippen molar-refractivity contribution in [2.75, 3.05) is 0 Å². The number of aromatic nitrogens is 3. The van der Waals surface area contributed by atoms with Crippen LogP contribution in [0.4, 0.5) is 0 Å². The lowest BCUT2D eigenvalue weighted by molar-refractivity contribution is -0.125. The lowest BCUT2D eigenvalue weighted by Crippen LogP contribution is -2.31. The fourth-order valence-corrected chi connectivity index (χ4v) is 1.93. The molecule has 2 aromatic rings. The molecule has 0 fully saturated rings. The van der Waals surface area contributed by atoms with Gasteiger partial charge in [0.25, 0.3) is 0 Å². The molecule has 1 N–H and O–H groups in total. The molecule has 0 aliphatic carbocycles. The molecule has 6 heteroatoms. The smallest absolute Gasteiger partial charge is 0.225 e. The number of nitrogens with one attached hydrogen (secondary N) is 1. The van der Waals surface area contributed by atoms with Crippen molar-refractivity contribution in [1.82, 2.24) is 20.3 Å². The first kappa shape index (κ1) is 14.3. The third-order valence-corrected chi connectivity index (χ3v) is 3.02. The summed E-state index contributed by atoms with van der Waals surface area (Å²) in [6.07, 6.45) is 5.47. The van der Waals surface area contributed by atoms with Crippen molar-refractivity contribution >= 4 is 5.91 Å². The predicted molar refractivity (Wildman–Crippen MR) is 73.7 cm³/mol. The minimum absolute atomic E-state index is 0.0195. The molecule has 2 aromatic heterocycles. The van der Waals surface area contributed by atoms with Crippen molar-refractivity contribution in [3.8, 4) is 0 Å². The summed E-state index contributed by atoms with van der Waals surface area (Å²) in [5, 5.41) is 10.9. The predicted octanol–water partition coefficient (Wildman–Crippen LogP) is 1.78.